The molecular weight excluding hydrogens is 1050 g/mol. The van der Waals surface area contributed by atoms with Gasteiger partial charge in [0.15, 0.2) is 5.78 Å². The number of aliphatic hydroxyl groups is 2. The maximum Gasteiger partial charge on any atom is 0.407 e. The molecule has 2 amide bonds. The van der Waals surface area contributed by atoms with E-state index in [2.05, 4.69) is 10.3 Å². The molecule has 20 nitrogen and oxygen atoms in total. The molecule has 2 bridgehead atoms. The fourth-order valence-electron chi connectivity index (χ4n) is 11.1. The minimum atomic E-state index is -3.67. The van der Waals surface area contributed by atoms with E-state index in [9.17, 15) is 47.4 Å². The quantitative estimate of drug-likeness (QED) is 0.0837. The lowest BCUT2D eigenvalue weighted by atomic mass is 9.78. The molecule has 1 aliphatic carbocycles. The van der Waals surface area contributed by atoms with Crippen molar-refractivity contribution in [2.24, 2.45) is 35.5 Å². The number of hydrogen-bond donors (Lipinski definition) is 4. The number of aliphatic hydroxyl groups excluding tert-OH is 1. The first-order chi connectivity index (χ1) is 37.7. The normalized spacial score (nSPS) is 34.9. The highest BCUT2D eigenvalue weighted by Crippen LogP contribution is 2.38. The largest absolute Gasteiger partial charge is 0.460 e. The average molecular weight is 1140 g/mol. The molecular formula is C59H89N3O17S. The number of aromatic nitrogens is 1. The predicted octanol–water partition coefficient (Wildman–Crippen LogP) is 7.01. The fraction of sp³-hybridized carbons (Fsp3) is 0.678. The summed E-state index contributed by atoms with van der Waals surface area (Å²) in [4.78, 5) is 89.7. The molecule has 4 aliphatic rings. The fourth-order valence-corrected chi connectivity index (χ4v) is 11.1. The van der Waals surface area contributed by atoms with E-state index in [1.807, 2.05) is 64.1 Å². The molecule has 1 aromatic rings. The first-order valence-electron chi connectivity index (χ1n) is 28.0. The average Bonchev–Trinajstić information content (AvgIpc) is 3.41. The summed E-state index contributed by atoms with van der Waals surface area (Å²) in [6.45, 7) is 12.9. The zero-order valence-corrected chi connectivity index (χ0v) is 49.4. The highest BCUT2D eigenvalue weighted by Gasteiger charge is 2.53. The number of rotatable bonds is 9. The molecule has 0 radical (unpaired) electrons. The third-order valence-corrected chi connectivity index (χ3v) is 15.9. The minimum Gasteiger partial charge on any atom is -0.460 e. The Balaban J connectivity index is 0.00000263. The van der Waals surface area contributed by atoms with Crippen LogP contribution in [-0.4, -0.2) is 157 Å². The van der Waals surface area contributed by atoms with E-state index >= 15 is 0 Å². The van der Waals surface area contributed by atoms with Gasteiger partial charge in [0.1, 0.15) is 36.2 Å². The maximum absolute atomic E-state index is 14.6. The Kier molecular flexibility index (Phi) is 27.0. The highest BCUT2D eigenvalue weighted by molar-refractivity contribution is 7.85. The molecule has 0 spiro atoms. The predicted molar refractivity (Wildman–Crippen MR) is 298 cm³/mol. The lowest BCUT2D eigenvalue weighted by molar-refractivity contribution is -0.265. The van der Waals surface area contributed by atoms with Crippen molar-refractivity contribution in [1.29, 1.82) is 0 Å². The second-order valence-corrected chi connectivity index (χ2v) is 23.8. The minimum absolute atomic E-state index is 0.00176. The van der Waals surface area contributed by atoms with Gasteiger partial charge in [0.2, 0.25) is 5.79 Å². The van der Waals surface area contributed by atoms with Crippen LogP contribution >= 0.6 is 0 Å². The van der Waals surface area contributed by atoms with Crippen LogP contribution in [-0.2, 0) is 69.1 Å². The number of ketones is 3. The van der Waals surface area contributed by atoms with Crippen molar-refractivity contribution >= 4 is 45.4 Å². The molecule has 80 heavy (non-hydrogen) atoms. The van der Waals surface area contributed by atoms with Gasteiger partial charge in [0.25, 0.3) is 21.8 Å². The number of piperidine rings is 1. The Hall–Kier alpha value is -5.00. The number of nitrogens with one attached hydrogen (secondary N) is 1. The monoisotopic (exact) mass is 1140 g/mol. The topological polar surface area (TPSA) is 281 Å². The van der Waals surface area contributed by atoms with Crippen molar-refractivity contribution in [3.8, 4) is 0 Å². The molecule has 5 rings (SSSR count). The number of hydrogen-bond acceptors (Lipinski definition) is 17. The summed E-state index contributed by atoms with van der Waals surface area (Å²) in [5.74, 6) is -8.36. The van der Waals surface area contributed by atoms with Crippen molar-refractivity contribution in [3.05, 3.63) is 77.7 Å². The molecule has 21 heteroatoms. The number of fused-ring (bicyclic) bond motifs is 3. The third-order valence-electron chi connectivity index (χ3n) is 15.9. The number of methoxy groups -OCH3 is 3. The number of esters is 1. The van der Waals surface area contributed by atoms with Crippen LogP contribution in [0.25, 0.3) is 0 Å². The van der Waals surface area contributed by atoms with E-state index < -0.39 is 112 Å². The molecule has 4 heterocycles. The van der Waals surface area contributed by atoms with Gasteiger partial charge in [-0.25, -0.2) is 9.59 Å². The van der Waals surface area contributed by atoms with Crippen LogP contribution in [0.3, 0.4) is 0 Å². The van der Waals surface area contributed by atoms with Crippen LogP contribution in [0.4, 0.5) is 4.79 Å². The number of ether oxygens (including phenoxy) is 6. The summed E-state index contributed by atoms with van der Waals surface area (Å²) in [5.41, 5.74) is 1.92. The smallest absolute Gasteiger partial charge is 0.407 e. The molecule has 3 fully saturated rings. The van der Waals surface area contributed by atoms with Crippen LogP contribution in [0.2, 0.25) is 0 Å². The van der Waals surface area contributed by atoms with Crippen LogP contribution < -0.4 is 5.32 Å². The van der Waals surface area contributed by atoms with Crippen molar-refractivity contribution in [2.75, 3.05) is 34.1 Å². The Bertz CT molecular complexity index is 2460. The molecule has 448 valence electrons. The zero-order chi connectivity index (χ0) is 59.5. The summed E-state index contributed by atoms with van der Waals surface area (Å²) >= 11 is 0. The molecule has 1 aromatic heterocycles. The van der Waals surface area contributed by atoms with E-state index in [0.29, 0.717) is 81.7 Å². The van der Waals surface area contributed by atoms with Gasteiger partial charge in [0, 0.05) is 64.7 Å². The number of carbonyl (C=O) groups excluding carboxylic acids is 6. The molecule has 3 aliphatic heterocycles. The number of carbonyl (C=O) groups is 6. The molecule has 1 saturated carbocycles. The Morgan fingerprint density at radius 3 is 2.26 bits per heavy atom. The van der Waals surface area contributed by atoms with E-state index in [-0.39, 0.29) is 49.3 Å². The van der Waals surface area contributed by atoms with Crippen molar-refractivity contribution in [1.82, 2.24) is 15.2 Å². The SMILES string of the molecule is CO[C@H]1C[C@@H]2CC[C@@H](C)[C@@](O)(O2)C(=O)C(=O)N2CCCC[C@H]2C(=O)O[C@H]([C@H](C)CC2CC[C@H](OC(=O)NCc3ccccn3)[C@@H](OC)C2)CC(=O)[C@H](C)/C=C(\C)[C@@H](O)[C@@H](OC)C(=O)[C@H](C)C[C@H](C)\C=C/C=C/C=C/1C.CS(=O)(=O)O. The Labute approximate surface area is 473 Å². The lowest BCUT2D eigenvalue weighted by Gasteiger charge is -2.42. The number of allylic oxidation sites excluding steroid dienone is 6. The number of amides is 2. The maximum atomic E-state index is 14.6. The summed E-state index contributed by atoms with van der Waals surface area (Å²) in [7, 11) is 0.843. The summed E-state index contributed by atoms with van der Waals surface area (Å²) in [6.07, 6.45) is 12.3. The van der Waals surface area contributed by atoms with E-state index in [1.54, 1.807) is 59.4 Å². The van der Waals surface area contributed by atoms with Crippen LogP contribution in [0.5, 0.6) is 0 Å². The van der Waals surface area contributed by atoms with Gasteiger partial charge >= 0.3 is 12.1 Å². The first-order valence-corrected chi connectivity index (χ1v) is 29.8. The number of Topliss-reactive ketones (excluding diaryl/α,β-unsaturated/α-hetero) is 3. The van der Waals surface area contributed by atoms with Gasteiger partial charge in [-0.05, 0) is 119 Å². The van der Waals surface area contributed by atoms with E-state index in [1.165, 1.54) is 12.0 Å². The van der Waals surface area contributed by atoms with Crippen LogP contribution in [0.1, 0.15) is 131 Å². The third kappa shape index (κ3) is 20.5. The van der Waals surface area contributed by atoms with Gasteiger partial charge < -0.3 is 48.9 Å². The van der Waals surface area contributed by atoms with Gasteiger partial charge in [-0.1, -0.05) is 77.1 Å². The first kappa shape index (κ1) is 67.5. The molecule has 15 atom stereocenters. The van der Waals surface area contributed by atoms with Crippen LogP contribution in [0, 0.1) is 35.5 Å². The molecule has 2 saturated heterocycles. The van der Waals surface area contributed by atoms with Crippen molar-refractivity contribution in [3.63, 3.8) is 0 Å². The molecule has 1 unspecified atom stereocenters. The second-order valence-electron chi connectivity index (χ2n) is 22.4. The standard InChI is InChI=1S/C58H85N3O14.CH4O3S/c1-35-18-12-11-13-19-36(2)48(70-8)32-44-24-22-41(7)58(69,75-44)54(65)55(66)61-27-17-15-21-45(61)56(67)73-49(33-46(62)37(3)29-40(6)52(64)53(72-10)51(63)39(5)28-35)38(4)30-42-23-25-47(50(31-42)71-9)74-57(68)60-34-43-20-14-16-26-59-43;1-5(2,3)4/h11-14,16,18-20,26,29,35,37-39,41-42,44-45,47-50,52-53,64,69H,15,17,21-25,27-28,30-34H2,1-10H3,(H,60,68);1H3,(H,2,3,4)/b13-11+,18-12-,36-19+,40-29+;/t35-,37-,38-,39-,41-,42?,44+,45+,47+,48+,49+,50+,52-,53+,58-;/m1./s1. The molecule has 0 aromatic carbocycles. The molecule has 4 N–H and O–H groups in total. The van der Waals surface area contributed by atoms with E-state index in [0.717, 1.165) is 5.57 Å². The second kappa shape index (κ2) is 32.0. The van der Waals surface area contributed by atoms with Gasteiger partial charge in [-0.3, -0.25) is 28.7 Å². The number of pyridine rings is 1. The van der Waals surface area contributed by atoms with Gasteiger partial charge in [-0.2, -0.15) is 8.42 Å². The van der Waals surface area contributed by atoms with Crippen molar-refractivity contribution < 1.29 is 80.4 Å². The lowest BCUT2D eigenvalue weighted by Crippen LogP contribution is -2.61. The van der Waals surface area contributed by atoms with Crippen LogP contribution in [0.15, 0.2) is 72.0 Å². The Morgan fingerprint density at radius 1 is 0.900 bits per heavy atom. The number of alkyl carbamates (subject to hydrolysis) is 1. The summed E-state index contributed by atoms with van der Waals surface area (Å²) < 4.78 is 61.5. The highest BCUT2D eigenvalue weighted by atomic mass is 32.2. The summed E-state index contributed by atoms with van der Waals surface area (Å²) in [5, 5.41) is 26.3. The van der Waals surface area contributed by atoms with Gasteiger partial charge in [-0.15, -0.1) is 0 Å². The van der Waals surface area contributed by atoms with Gasteiger partial charge in [0.05, 0.1) is 36.8 Å². The number of cyclic esters (lactones) is 1. The Morgan fingerprint density at radius 2 is 1.61 bits per heavy atom. The van der Waals surface area contributed by atoms with E-state index in [4.69, 9.17) is 33.0 Å². The zero-order valence-electron chi connectivity index (χ0n) is 48.6. The van der Waals surface area contributed by atoms with Crippen molar-refractivity contribution in [2.45, 2.75) is 187 Å². The number of nitrogens with zero attached hydrogens (tertiary/aromatic N) is 2. The summed E-state index contributed by atoms with van der Waals surface area (Å²) in [6, 6.07) is 4.24.